The summed E-state index contributed by atoms with van der Waals surface area (Å²) >= 11 is 1.27. The highest BCUT2D eigenvalue weighted by Crippen LogP contribution is 2.36. The van der Waals surface area contributed by atoms with Crippen molar-refractivity contribution in [2.24, 2.45) is 0 Å². The van der Waals surface area contributed by atoms with Crippen LogP contribution in [0.15, 0.2) is 47.4 Å². The summed E-state index contributed by atoms with van der Waals surface area (Å²) in [5, 5.41) is 2.10. The lowest BCUT2D eigenvalue weighted by molar-refractivity contribution is -0.143. The topological polar surface area (TPSA) is 81.7 Å². The standard InChI is InChI=1S/C19H16FNO5S/c1-25-15-7-6-11(8-12(15)20)14(22)10-26-18(23)9-17-19(24)21-13-4-2-3-5-16(13)27-17/h2-8,17H,9-10H2,1H3,(H,21,24)/t17-/m0/s1. The van der Waals surface area contributed by atoms with Crippen molar-refractivity contribution in [1.29, 1.82) is 0 Å². The lowest BCUT2D eigenvalue weighted by Crippen LogP contribution is -2.31. The molecule has 6 nitrogen and oxygen atoms in total. The van der Waals surface area contributed by atoms with Gasteiger partial charge in [0.15, 0.2) is 24.0 Å². The third kappa shape index (κ3) is 4.46. The molecule has 3 rings (SSSR count). The number of Topliss-reactive ketones (excluding diaryl/α,β-unsaturated/α-hetero) is 1. The largest absolute Gasteiger partial charge is 0.494 e. The number of nitrogens with one attached hydrogen (secondary N) is 1. The Morgan fingerprint density at radius 3 is 2.74 bits per heavy atom. The summed E-state index contributed by atoms with van der Waals surface area (Å²) in [6.45, 7) is -0.528. The van der Waals surface area contributed by atoms with E-state index in [0.29, 0.717) is 5.69 Å². The maximum absolute atomic E-state index is 13.7. The second kappa shape index (κ2) is 8.22. The number of ketones is 1. The third-order valence-corrected chi connectivity index (χ3v) is 5.17. The number of hydrogen-bond acceptors (Lipinski definition) is 6. The van der Waals surface area contributed by atoms with E-state index in [9.17, 15) is 18.8 Å². The molecule has 2 aromatic rings. The van der Waals surface area contributed by atoms with Gasteiger partial charge in [0.25, 0.3) is 0 Å². The van der Waals surface area contributed by atoms with Crippen molar-refractivity contribution in [2.45, 2.75) is 16.6 Å². The van der Waals surface area contributed by atoms with Gasteiger partial charge in [0.1, 0.15) is 0 Å². The summed E-state index contributed by atoms with van der Waals surface area (Å²) in [6.07, 6.45) is -0.172. The fourth-order valence-corrected chi connectivity index (χ4v) is 3.60. The van der Waals surface area contributed by atoms with Gasteiger partial charge in [-0.3, -0.25) is 14.4 Å². The van der Waals surface area contributed by atoms with Crippen molar-refractivity contribution in [3.05, 3.63) is 53.8 Å². The maximum atomic E-state index is 13.7. The highest BCUT2D eigenvalue weighted by atomic mass is 32.2. The highest BCUT2D eigenvalue weighted by Gasteiger charge is 2.29. The molecule has 140 valence electrons. The summed E-state index contributed by atoms with van der Waals surface area (Å²) in [6, 6.07) is 11.0. The molecule has 0 bridgehead atoms. The van der Waals surface area contributed by atoms with Gasteiger partial charge in [0.05, 0.1) is 24.5 Å². The molecule has 2 aromatic carbocycles. The molecule has 1 aliphatic heterocycles. The molecule has 1 N–H and O–H groups in total. The molecule has 0 spiro atoms. The SMILES string of the molecule is COc1ccc(C(=O)COC(=O)C[C@@H]2Sc3ccccc3NC2=O)cc1F. The zero-order valence-electron chi connectivity index (χ0n) is 14.4. The molecule has 0 aromatic heterocycles. The molecule has 0 saturated carbocycles. The van der Waals surface area contributed by atoms with Crippen LogP contribution in [0.1, 0.15) is 16.8 Å². The summed E-state index contributed by atoms with van der Waals surface area (Å²) < 4.78 is 23.4. The fourth-order valence-electron chi connectivity index (χ4n) is 2.51. The molecule has 0 saturated heterocycles. The van der Waals surface area contributed by atoms with Crippen LogP contribution in [-0.4, -0.2) is 36.6 Å². The number of carbonyl (C=O) groups excluding carboxylic acids is 3. The third-order valence-electron chi connectivity index (χ3n) is 3.90. The zero-order valence-corrected chi connectivity index (χ0v) is 15.2. The lowest BCUT2D eigenvalue weighted by atomic mass is 10.1. The van der Waals surface area contributed by atoms with E-state index in [1.54, 1.807) is 6.07 Å². The number of hydrogen-bond donors (Lipinski definition) is 1. The monoisotopic (exact) mass is 389 g/mol. The minimum atomic E-state index is -0.677. The Morgan fingerprint density at radius 1 is 1.22 bits per heavy atom. The number of rotatable bonds is 6. The van der Waals surface area contributed by atoms with E-state index in [4.69, 9.17) is 9.47 Å². The minimum Gasteiger partial charge on any atom is -0.494 e. The van der Waals surface area contributed by atoms with E-state index in [1.165, 1.54) is 31.0 Å². The van der Waals surface area contributed by atoms with Crippen LogP contribution in [0.25, 0.3) is 0 Å². The van der Waals surface area contributed by atoms with Gasteiger partial charge in [0.2, 0.25) is 5.91 Å². The Morgan fingerprint density at radius 2 is 2.00 bits per heavy atom. The Kier molecular flexibility index (Phi) is 5.75. The van der Waals surface area contributed by atoms with E-state index < -0.39 is 29.4 Å². The predicted molar refractivity (Wildman–Crippen MR) is 97.6 cm³/mol. The van der Waals surface area contributed by atoms with Crippen LogP contribution in [0.2, 0.25) is 0 Å². The molecule has 8 heteroatoms. The number of ether oxygens (including phenoxy) is 2. The molecule has 1 amide bonds. The van der Waals surface area contributed by atoms with Gasteiger partial charge in [-0.25, -0.2) is 4.39 Å². The maximum Gasteiger partial charge on any atom is 0.307 e. The normalized spacial score (nSPS) is 15.5. The van der Waals surface area contributed by atoms with Crippen LogP contribution in [0.3, 0.4) is 0 Å². The van der Waals surface area contributed by atoms with Crippen LogP contribution in [0.5, 0.6) is 5.75 Å². The molecule has 1 aliphatic rings. The fraction of sp³-hybridized carbons (Fsp3) is 0.211. The number of esters is 1. The number of benzene rings is 2. The summed E-state index contributed by atoms with van der Waals surface area (Å²) in [7, 11) is 1.32. The van der Waals surface area contributed by atoms with Crippen molar-refractivity contribution < 1.29 is 28.2 Å². The first-order valence-corrected chi connectivity index (χ1v) is 8.95. The number of fused-ring (bicyclic) bond motifs is 1. The van der Waals surface area contributed by atoms with E-state index in [0.717, 1.165) is 11.0 Å². The van der Waals surface area contributed by atoms with E-state index in [1.807, 2.05) is 18.2 Å². The van der Waals surface area contributed by atoms with Crippen LogP contribution in [0, 0.1) is 5.82 Å². The number of methoxy groups -OCH3 is 1. The van der Waals surface area contributed by atoms with Crippen LogP contribution in [0.4, 0.5) is 10.1 Å². The predicted octanol–water partition coefficient (Wildman–Crippen LogP) is 3.06. The molecule has 27 heavy (non-hydrogen) atoms. The summed E-state index contributed by atoms with van der Waals surface area (Å²) in [5.74, 6) is -2.17. The lowest BCUT2D eigenvalue weighted by Gasteiger charge is -2.23. The molecule has 0 unspecified atom stereocenters. The van der Waals surface area contributed by atoms with Gasteiger partial charge < -0.3 is 14.8 Å². The molecule has 0 radical (unpaired) electrons. The summed E-state index contributed by atoms with van der Waals surface area (Å²) in [5.41, 5.74) is 0.772. The van der Waals surface area contributed by atoms with Gasteiger partial charge in [-0.1, -0.05) is 12.1 Å². The Balaban J connectivity index is 1.55. The smallest absolute Gasteiger partial charge is 0.307 e. The number of halogens is 1. The molecular weight excluding hydrogens is 373 g/mol. The number of thioether (sulfide) groups is 1. The first kappa shape index (κ1) is 18.9. The van der Waals surface area contributed by atoms with Gasteiger partial charge in [-0.05, 0) is 30.3 Å². The average Bonchev–Trinajstić information content (AvgIpc) is 2.66. The van der Waals surface area contributed by atoms with Crippen molar-refractivity contribution >= 4 is 35.1 Å². The number of para-hydroxylation sites is 1. The second-order valence-electron chi connectivity index (χ2n) is 5.73. The molecule has 1 atom stereocenters. The van der Waals surface area contributed by atoms with E-state index in [-0.39, 0.29) is 23.6 Å². The Bertz CT molecular complexity index is 901. The van der Waals surface area contributed by atoms with Gasteiger partial charge in [0, 0.05) is 10.5 Å². The Labute approximate surface area is 159 Å². The van der Waals surface area contributed by atoms with Gasteiger partial charge in [-0.15, -0.1) is 11.8 Å². The van der Waals surface area contributed by atoms with Crippen molar-refractivity contribution in [1.82, 2.24) is 0 Å². The van der Waals surface area contributed by atoms with Crippen LogP contribution < -0.4 is 10.1 Å². The van der Waals surface area contributed by atoms with Crippen molar-refractivity contribution in [3.8, 4) is 5.75 Å². The van der Waals surface area contributed by atoms with Gasteiger partial charge in [-0.2, -0.15) is 0 Å². The van der Waals surface area contributed by atoms with E-state index >= 15 is 0 Å². The first-order valence-electron chi connectivity index (χ1n) is 8.07. The first-order chi connectivity index (χ1) is 13.0. The highest BCUT2D eigenvalue weighted by molar-refractivity contribution is 8.01. The molecule has 0 fully saturated rings. The average molecular weight is 389 g/mol. The number of carbonyl (C=O) groups is 3. The van der Waals surface area contributed by atoms with E-state index in [2.05, 4.69) is 5.32 Å². The van der Waals surface area contributed by atoms with Crippen LogP contribution >= 0.6 is 11.8 Å². The van der Waals surface area contributed by atoms with Crippen LogP contribution in [-0.2, 0) is 14.3 Å². The van der Waals surface area contributed by atoms with Gasteiger partial charge >= 0.3 is 5.97 Å². The van der Waals surface area contributed by atoms with Crippen molar-refractivity contribution in [3.63, 3.8) is 0 Å². The number of amides is 1. The molecule has 0 aliphatic carbocycles. The zero-order chi connectivity index (χ0) is 19.4. The second-order valence-corrected chi connectivity index (χ2v) is 6.97. The minimum absolute atomic E-state index is 0.0177. The molecular formula is C19H16FNO5S. The van der Waals surface area contributed by atoms with Crippen molar-refractivity contribution in [2.75, 3.05) is 19.0 Å². The quantitative estimate of drug-likeness (QED) is 0.604. The molecule has 1 heterocycles. The summed E-state index contributed by atoms with van der Waals surface area (Å²) in [4.78, 5) is 37.0. The Hall–Kier alpha value is -2.87. The number of anilines is 1.